The van der Waals surface area contributed by atoms with Crippen LogP contribution in [0.4, 0.5) is 5.82 Å². The standard InChI is InChI=1S/C16H23N5O2S/c1-12-10-16(21-15(17-12)9-13(2)18-21)20-6-4-19(5-7-20)14-3-8-24(22,23)11-14/h9-10,14H,3-8,11H2,1-2H3/t14-/m1/s1. The fourth-order valence-electron chi connectivity index (χ4n) is 3.80. The molecule has 0 aliphatic carbocycles. The second kappa shape index (κ2) is 5.70. The lowest BCUT2D eigenvalue weighted by molar-refractivity contribution is 0.200. The number of aromatic nitrogens is 3. The van der Waals surface area contributed by atoms with Crippen molar-refractivity contribution in [2.75, 3.05) is 42.6 Å². The average Bonchev–Trinajstić information content (AvgIpc) is 3.08. The van der Waals surface area contributed by atoms with Crippen molar-refractivity contribution in [3.8, 4) is 0 Å². The van der Waals surface area contributed by atoms with Crippen molar-refractivity contribution in [2.24, 2.45) is 0 Å². The van der Waals surface area contributed by atoms with Crippen molar-refractivity contribution in [3.63, 3.8) is 0 Å². The first kappa shape index (κ1) is 15.8. The molecule has 0 amide bonds. The first-order valence-electron chi connectivity index (χ1n) is 8.45. The van der Waals surface area contributed by atoms with Crippen LogP contribution in [0.1, 0.15) is 17.8 Å². The summed E-state index contributed by atoms with van der Waals surface area (Å²) in [6.07, 6.45) is 0.777. The molecular formula is C16H23N5O2S. The lowest BCUT2D eigenvalue weighted by Gasteiger charge is -2.38. The van der Waals surface area contributed by atoms with Gasteiger partial charge in [0, 0.05) is 50.0 Å². The van der Waals surface area contributed by atoms with Gasteiger partial charge in [0.2, 0.25) is 0 Å². The molecule has 130 valence electrons. The number of hydrogen-bond donors (Lipinski definition) is 0. The number of nitrogens with zero attached hydrogens (tertiary/aromatic N) is 5. The smallest absolute Gasteiger partial charge is 0.157 e. The van der Waals surface area contributed by atoms with E-state index in [-0.39, 0.29) is 6.04 Å². The molecule has 0 spiro atoms. The van der Waals surface area contributed by atoms with E-state index in [2.05, 4.69) is 25.9 Å². The summed E-state index contributed by atoms with van der Waals surface area (Å²) in [5, 5.41) is 4.56. The number of piperazine rings is 1. The molecule has 2 saturated heterocycles. The van der Waals surface area contributed by atoms with Gasteiger partial charge in [-0.1, -0.05) is 0 Å². The summed E-state index contributed by atoms with van der Waals surface area (Å²) in [6, 6.07) is 4.27. The highest BCUT2D eigenvalue weighted by Crippen LogP contribution is 2.23. The van der Waals surface area contributed by atoms with Crippen molar-refractivity contribution in [1.29, 1.82) is 0 Å². The number of aryl methyl sites for hydroxylation is 2. The molecule has 2 aliphatic heterocycles. The zero-order valence-corrected chi connectivity index (χ0v) is 15.0. The van der Waals surface area contributed by atoms with Gasteiger partial charge in [0.05, 0.1) is 17.2 Å². The van der Waals surface area contributed by atoms with Gasteiger partial charge in [0.25, 0.3) is 0 Å². The van der Waals surface area contributed by atoms with Gasteiger partial charge in [-0.2, -0.15) is 9.61 Å². The van der Waals surface area contributed by atoms with Crippen LogP contribution in [0.5, 0.6) is 0 Å². The first-order chi connectivity index (χ1) is 11.4. The third-order valence-electron chi connectivity index (χ3n) is 5.02. The molecule has 4 rings (SSSR count). The maximum Gasteiger partial charge on any atom is 0.157 e. The molecule has 0 aromatic carbocycles. The SMILES string of the molecule is Cc1cc(N2CCN([C@@H]3CCS(=O)(=O)C3)CC2)n2nc(C)cc2n1. The van der Waals surface area contributed by atoms with Gasteiger partial charge in [0.1, 0.15) is 5.82 Å². The van der Waals surface area contributed by atoms with Gasteiger partial charge in [-0.25, -0.2) is 13.4 Å². The number of anilines is 1. The van der Waals surface area contributed by atoms with E-state index in [0.29, 0.717) is 11.5 Å². The molecule has 2 aromatic heterocycles. The predicted octanol–water partition coefficient (Wildman–Crippen LogP) is 0.655. The highest BCUT2D eigenvalue weighted by Gasteiger charge is 2.34. The van der Waals surface area contributed by atoms with Crippen LogP contribution in [0.25, 0.3) is 5.65 Å². The lowest BCUT2D eigenvalue weighted by atomic mass is 10.2. The minimum Gasteiger partial charge on any atom is -0.354 e. The van der Waals surface area contributed by atoms with Crippen LogP contribution in [0, 0.1) is 13.8 Å². The number of rotatable bonds is 2. The van der Waals surface area contributed by atoms with Crippen LogP contribution < -0.4 is 4.90 Å². The summed E-state index contributed by atoms with van der Waals surface area (Å²) in [5.74, 6) is 1.74. The summed E-state index contributed by atoms with van der Waals surface area (Å²) >= 11 is 0. The second-order valence-corrected chi connectivity index (χ2v) is 9.12. The van der Waals surface area contributed by atoms with Crippen LogP contribution in [0.15, 0.2) is 12.1 Å². The zero-order chi connectivity index (χ0) is 16.9. The molecule has 2 fully saturated rings. The fourth-order valence-corrected chi connectivity index (χ4v) is 5.56. The molecule has 0 saturated carbocycles. The van der Waals surface area contributed by atoms with Crippen LogP contribution in [-0.4, -0.2) is 71.6 Å². The Balaban J connectivity index is 1.52. The number of hydrogen-bond acceptors (Lipinski definition) is 6. The van der Waals surface area contributed by atoms with Gasteiger partial charge in [0.15, 0.2) is 15.5 Å². The van der Waals surface area contributed by atoms with Crippen molar-refractivity contribution in [2.45, 2.75) is 26.3 Å². The molecule has 2 aromatic rings. The Bertz CT molecular complexity index is 868. The fraction of sp³-hybridized carbons (Fsp3) is 0.625. The van der Waals surface area contributed by atoms with Gasteiger partial charge in [-0.05, 0) is 20.3 Å². The molecule has 8 heteroatoms. The first-order valence-corrected chi connectivity index (χ1v) is 10.3. The van der Waals surface area contributed by atoms with Gasteiger partial charge < -0.3 is 4.90 Å². The Morgan fingerprint density at radius 1 is 1.08 bits per heavy atom. The molecule has 2 aliphatic rings. The highest BCUT2D eigenvalue weighted by molar-refractivity contribution is 7.91. The zero-order valence-electron chi connectivity index (χ0n) is 14.1. The van der Waals surface area contributed by atoms with Crippen LogP contribution in [-0.2, 0) is 9.84 Å². The van der Waals surface area contributed by atoms with E-state index in [4.69, 9.17) is 0 Å². The molecule has 0 bridgehead atoms. The maximum atomic E-state index is 11.7. The largest absolute Gasteiger partial charge is 0.354 e. The van der Waals surface area contributed by atoms with E-state index in [9.17, 15) is 8.42 Å². The summed E-state index contributed by atoms with van der Waals surface area (Å²) in [7, 11) is -2.82. The number of sulfone groups is 1. The van der Waals surface area contributed by atoms with Gasteiger partial charge >= 0.3 is 0 Å². The van der Waals surface area contributed by atoms with Crippen molar-refractivity contribution < 1.29 is 8.42 Å². The summed E-state index contributed by atoms with van der Waals surface area (Å²) in [4.78, 5) is 9.20. The molecule has 0 radical (unpaired) electrons. The quantitative estimate of drug-likeness (QED) is 0.793. The Labute approximate surface area is 142 Å². The van der Waals surface area contributed by atoms with E-state index in [1.807, 2.05) is 24.4 Å². The molecular weight excluding hydrogens is 326 g/mol. The normalized spacial score (nSPS) is 24.8. The molecule has 24 heavy (non-hydrogen) atoms. The van der Waals surface area contributed by atoms with E-state index in [1.165, 1.54) is 0 Å². The topological polar surface area (TPSA) is 70.8 Å². The maximum absolute atomic E-state index is 11.7. The lowest BCUT2D eigenvalue weighted by Crippen LogP contribution is -2.51. The minimum absolute atomic E-state index is 0.197. The third-order valence-corrected chi connectivity index (χ3v) is 6.77. The third kappa shape index (κ3) is 2.88. The average molecular weight is 349 g/mol. The van der Waals surface area contributed by atoms with Crippen LogP contribution in [0.3, 0.4) is 0 Å². The van der Waals surface area contributed by atoms with Gasteiger partial charge in [-0.15, -0.1) is 0 Å². The van der Waals surface area contributed by atoms with E-state index >= 15 is 0 Å². The van der Waals surface area contributed by atoms with Crippen LogP contribution in [0.2, 0.25) is 0 Å². The van der Waals surface area contributed by atoms with Crippen LogP contribution >= 0.6 is 0 Å². The Hall–Kier alpha value is -1.67. The predicted molar refractivity (Wildman–Crippen MR) is 93.3 cm³/mol. The minimum atomic E-state index is -2.82. The number of fused-ring (bicyclic) bond motifs is 1. The molecule has 7 nitrogen and oxygen atoms in total. The van der Waals surface area contributed by atoms with Crippen molar-refractivity contribution >= 4 is 21.3 Å². The Morgan fingerprint density at radius 2 is 1.83 bits per heavy atom. The molecule has 1 atom stereocenters. The van der Waals surface area contributed by atoms with E-state index in [0.717, 1.165) is 55.5 Å². The molecule has 0 unspecified atom stereocenters. The summed E-state index contributed by atoms with van der Waals surface area (Å²) < 4.78 is 25.3. The monoisotopic (exact) mass is 349 g/mol. The van der Waals surface area contributed by atoms with E-state index < -0.39 is 9.84 Å². The Morgan fingerprint density at radius 3 is 2.50 bits per heavy atom. The molecule has 0 N–H and O–H groups in total. The molecule has 4 heterocycles. The van der Waals surface area contributed by atoms with Gasteiger partial charge in [-0.3, -0.25) is 4.90 Å². The Kier molecular flexibility index (Phi) is 3.76. The van der Waals surface area contributed by atoms with E-state index in [1.54, 1.807) is 0 Å². The van der Waals surface area contributed by atoms with Crippen molar-refractivity contribution in [1.82, 2.24) is 19.5 Å². The van der Waals surface area contributed by atoms with Crippen molar-refractivity contribution in [3.05, 3.63) is 23.5 Å². The second-order valence-electron chi connectivity index (χ2n) is 6.89. The highest BCUT2D eigenvalue weighted by atomic mass is 32.2. The summed E-state index contributed by atoms with van der Waals surface area (Å²) in [5.41, 5.74) is 2.83. The summed E-state index contributed by atoms with van der Waals surface area (Å²) in [6.45, 7) is 7.53.